The largest absolute Gasteiger partial charge is 0.507 e. The Bertz CT molecular complexity index is 1090. The van der Waals surface area contributed by atoms with Crippen LogP contribution in [0.3, 0.4) is 0 Å². The van der Waals surface area contributed by atoms with Crippen molar-refractivity contribution in [1.82, 2.24) is 4.57 Å². The third kappa shape index (κ3) is 1.98. The highest BCUT2D eigenvalue weighted by Gasteiger charge is 2.18. The highest BCUT2D eigenvalue weighted by molar-refractivity contribution is 6.13. The Morgan fingerprint density at radius 3 is 2.12 bits per heavy atom. The number of hydrogen-bond donors (Lipinski definition) is 2. The van der Waals surface area contributed by atoms with Gasteiger partial charge >= 0.3 is 0 Å². The Hall–Kier alpha value is -2.94. The van der Waals surface area contributed by atoms with Crippen LogP contribution in [-0.4, -0.2) is 14.8 Å². The van der Waals surface area contributed by atoms with Gasteiger partial charge in [0.05, 0.1) is 16.4 Å². The summed E-state index contributed by atoms with van der Waals surface area (Å²) in [5.41, 5.74) is 5.66. The van der Waals surface area contributed by atoms with Gasteiger partial charge in [-0.3, -0.25) is 0 Å². The molecule has 1 heterocycles. The molecular formula is C21H19NO2. The number of phenols is 2. The summed E-state index contributed by atoms with van der Waals surface area (Å²) in [7, 11) is 0. The van der Waals surface area contributed by atoms with Gasteiger partial charge in [-0.1, -0.05) is 29.3 Å². The number of rotatable bonds is 1. The van der Waals surface area contributed by atoms with Gasteiger partial charge in [-0.15, -0.1) is 0 Å². The highest BCUT2D eigenvalue weighted by Crippen LogP contribution is 2.42. The average molecular weight is 317 g/mol. The van der Waals surface area contributed by atoms with E-state index in [0.717, 1.165) is 33.1 Å². The highest BCUT2D eigenvalue weighted by atomic mass is 16.3. The van der Waals surface area contributed by atoms with Crippen molar-refractivity contribution in [2.45, 2.75) is 20.8 Å². The van der Waals surface area contributed by atoms with E-state index in [1.807, 2.05) is 6.92 Å². The molecule has 0 bridgehead atoms. The number of aryl methyl sites for hydroxylation is 2. The summed E-state index contributed by atoms with van der Waals surface area (Å²) < 4.78 is 2.09. The summed E-state index contributed by atoms with van der Waals surface area (Å²) in [4.78, 5) is 0. The van der Waals surface area contributed by atoms with Crippen LogP contribution in [0.25, 0.3) is 27.5 Å². The van der Waals surface area contributed by atoms with Crippen LogP contribution in [0.2, 0.25) is 0 Å². The predicted octanol–water partition coefficient (Wildman–Crippen LogP) is 5.12. The Kier molecular flexibility index (Phi) is 3.07. The number of nitrogens with zero attached hydrogens (tertiary/aromatic N) is 1. The quantitative estimate of drug-likeness (QED) is 0.512. The molecule has 24 heavy (non-hydrogen) atoms. The fourth-order valence-corrected chi connectivity index (χ4v) is 3.33. The first-order valence-electron chi connectivity index (χ1n) is 8.00. The third-order valence-corrected chi connectivity index (χ3v) is 4.70. The van der Waals surface area contributed by atoms with Crippen molar-refractivity contribution in [3.05, 3.63) is 65.2 Å². The lowest BCUT2D eigenvalue weighted by Gasteiger charge is -2.09. The molecule has 3 heteroatoms. The van der Waals surface area contributed by atoms with Gasteiger partial charge in [0.15, 0.2) is 0 Å². The number of fused-ring (bicyclic) bond motifs is 3. The van der Waals surface area contributed by atoms with Gasteiger partial charge in [-0.2, -0.15) is 0 Å². The molecule has 0 saturated carbocycles. The monoisotopic (exact) mass is 317 g/mol. The maximum Gasteiger partial charge on any atom is 0.132 e. The van der Waals surface area contributed by atoms with E-state index in [9.17, 15) is 10.2 Å². The lowest BCUT2D eigenvalue weighted by molar-refractivity contribution is 0.448. The molecule has 4 rings (SSSR count). The van der Waals surface area contributed by atoms with Gasteiger partial charge in [0.1, 0.15) is 11.5 Å². The molecule has 0 radical (unpaired) electrons. The Balaban J connectivity index is 2.24. The molecule has 0 fully saturated rings. The van der Waals surface area contributed by atoms with E-state index in [-0.39, 0.29) is 11.5 Å². The van der Waals surface area contributed by atoms with Gasteiger partial charge in [-0.25, -0.2) is 0 Å². The number of hydrogen-bond acceptors (Lipinski definition) is 2. The second-order valence-electron chi connectivity index (χ2n) is 6.45. The molecular weight excluding hydrogens is 298 g/mol. The van der Waals surface area contributed by atoms with E-state index in [4.69, 9.17) is 0 Å². The van der Waals surface area contributed by atoms with Crippen LogP contribution < -0.4 is 0 Å². The van der Waals surface area contributed by atoms with E-state index in [0.29, 0.717) is 5.56 Å². The molecule has 0 spiro atoms. The minimum absolute atomic E-state index is 0.105. The van der Waals surface area contributed by atoms with Crippen molar-refractivity contribution in [1.29, 1.82) is 0 Å². The fourth-order valence-electron chi connectivity index (χ4n) is 3.33. The first-order valence-corrected chi connectivity index (χ1v) is 8.00. The van der Waals surface area contributed by atoms with Crippen molar-refractivity contribution in [2.24, 2.45) is 0 Å². The van der Waals surface area contributed by atoms with Crippen molar-refractivity contribution in [2.75, 3.05) is 0 Å². The molecule has 0 saturated heterocycles. The average Bonchev–Trinajstić information content (AvgIpc) is 2.86. The normalized spacial score (nSPS) is 11.5. The van der Waals surface area contributed by atoms with Crippen LogP contribution in [0.15, 0.2) is 48.5 Å². The first-order chi connectivity index (χ1) is 11.5. The number of aromatic hydroxyl groups is 2. The topological polar surface area (TPSA) is 45.4 Å². The molecule has 120 valence electrons. The maximum atomic E-state index is 10.7. The van der Waals surface area contributed by atoms with Crippen molar-refractivity contribution >= 4 is 21.8 Å². The van der Waals surface area contributed by atoms with Crippen molar-refractivity contribution < 1.29 is 10.2 Å². The molecule has 4 aromatic rings. The Morgan fingerprint density at radius 1 is 0.750 bits per heavy atom. The van der Waals surface area contributed by atoms with Crippen LogP contribution in [0.4, 0.5) is 0 Å². The molecule has 3 nitrogen and oxygen atoms in total. The summed E-state index contributed by atoms with van der Waals surface area (Å²) >= 11 is 0. The van der Waals surface area contributed by atoms with Crippen LogP contribution in [0, 0.1) is 20.8 Å². The molecule has 0 amide bonds. The molecule has 2 N–H and O–H groups in total. The Labute approximate surface area is 140 Å². The van der Waals surface area contributed by atoms with Crippen LogP contribution in [0.1, 0.15) is 16.7 Å². The molecule has 3 aromatic carbocycles. The summed E-state index contributed by atoms with van der Waals surface area (Å²) in [6.07, 6.45) is 0. The van der Waals surface area contributed by atoms with Crippen molar-refractivity contribution in [3.8, 4) is 17.2 Å². The summed E-state index contributed by atoms with van der Waals surface area (Å²) in [6, 6.07) is 16.2. The molecule has 0 atom stereocenters. The zero-order valence-electron chi connectivity index (χ0n) is 14.0. The minimum atomic E-state index is 0.105. The number of aromatic nitrogens is 1. The fraction of sp³-hybridized carbons (Fsp3) is 0.143. The van der Waals surface area contributed by atoms with Crippen LogP contribution in [0.5, 0.6) is 11.5 Å². The minimum Gasteiger partial charge on any atom is -0.507 e. The SMILES string of the molecule is Cc1ccc(-n2c3ccc(C)cc3c3c(O)c(C)c(O)cc32)cc1. The zero-order chi connectivity index (χ0) is 17.0. The molecule has 0 unspecified atom stereocenters. The second-order valence-corrected chi connectivity index (χ2v) is 6.45. The van der Waals surface area contributed by atoms with Crippen LogP contribution in [-0.2, 0) is 0 Å². The standard InChI is InChI=1S/C21H19NO2/c1-12-4-7-15(8-5-12)22-17-9-6-13(2)10-16(17)20-18(22)11-19(23)14(3)21(20)24/h4-11,23-24H,1-3H3. The first kappa shape index (κ1) is 14.6. The predicted molar refractivity (Wildman–Crippen MR) is 98.3 cm³/mol. The molecule has 0 aliphatic rings. The van der Waals surface area contributed by atoms with Gasteiger partial charge in [0.2, 0.25) is 0 Å². The van der Waals surface area contributed by atoms with E-state index in [2.05, 4.69) is 54.0 Å². The van der Waals surface area contributed by atoms with Crippen molar-refractivity contribution in [3.63, 3.8) is 0 Å². The summed E-state index contributed by atoms with van der Waals surface area (Å²) in [6.45, 7) is 5.83. The lowest BCUT2D eigenvalue weighted by atomic mass is 10.1. The summed E-state index contributed by atoms with van der Waals surface area (Å²) in [5.74, 6) is 0.249. The van der Waals surface area contributed by atoms with Gasteiger partial charge in [0.25, 0.3) is 0 Å². The zero-order valence-corrected chi connectivity index (χ0v) is 14.0. The number of phenolic OH excluding ortho intramolecular Hbond substituents is 2. The maximum absolute atomic E-state index is 10.7. The van der Waals surface area contributed by atoms with Crippen LogP contribution >= 0.6 is 0 Å². The van der Waals surface area contributed by atoms with Gasteiger partial charge < -0.3 is 14.8 Å². The number of benzene rings is 3. The van der Waals surface area contributed by atoms with Gasteiger partial charge in [-0.05, 0) is 45.0 Å². The van der Waals surface area contributed by atoms with E-state index < -0.39 is 0 Å². The Morgan fingerprint density at radius 2 is 1.42 bits per heavy atom. The summed E-state index contributed by atoms with van der Waals surface area (Å²) in [5, 5.41) is 22.7. The van der Waals surface area contributed by atoms with Gasteiger partial charge in [0, 0.05) is 22.7 Å². The smallest absolute Gasteiger partial charge is 0.132 e. The molecule has 1 aromatic heterocycles. The second kappa shape index (κ2) is 5.03. The molecule has 0 aliphatic heterocycles. The third-order valence-electron chi connectivity index (χ3n) is 4.70. The van der Waals surface area contributed by atoms with E-state index in [1.165, 1.54) is 5.56 Å². The lowest BCUT2D eigenvalue weighted by Crippen LogP contribution is -1.94. The van der Waals surface area contributed by atoms with E-state index in [1.54, 1.807) is 13.0 Å². The van der Waals surface area contributed by atoms with E-state index >= 15 is 0 Å². The molecule has 0 aliphatic carbocycles.